The maximum atomic E-state index is 12.6. The fourth-order valence-corrected chi connectivity index (χ4v) is 2.92. The Labute approximate surface area is 129 Å². The first-order chi connectivity index (χ1) is 10.6. The Hall–Kier alpha value is -2.04. The van der Waals surface area contributed by atoms with E-state index < -0.39 is 0 Å². The van der Waals surface area contributed by atoms with Crippen LogP contribution in [0.2, 0.25) is 0 Å². The Morgan fingerprint density at radius 1 is 1.41 bits per heavy atom. The van der Waals surface area contributed by atoms with Gasteiger partial charge in [-0.1, -0.05) is 12.1 Å². The Morgan fingerprint density at radius 3 is 2.77 bits per heavy atom. The van der Waals surface area contributed by atoms with Crippen LogP contribution in [0.15, 0.2) is 27.1 Å². The number of aryl methyl sites for hydroxylation is 1. The molecular weight excluding hydrogens is 280 g/mol. The van der Waals surface area contributed by atoms with Gasteiger partial charge >= 0.3 is 0 Å². The molecule has 0 saturated heterocycles. The fraction of sp³-hybridized carbons (Fsp3) is 0.529. The number of carbonyl (C=O) groups is 1. The molecule has 0 radical (unpaired) electrons. The lowest BCUT2D eigenvalue weighted by molar-refractivity contribution is 0.0674. The van der Waals surface area contributed by atoms with E-state index in [0.717, 1.165) is 36.0 Å². The summed E-state index contributed by atoms with van der Waals surface area (Å²) in [5, 5.41) is 3.80. The minimum atomic E-state index is -0.0964. The highest BCUT2D eigenvalue weighted by Gasteiger charge is 2.38. The topological polar surface area (TPSA) is 59.5 Å². The molecule has 0 bridgehead atoms. The number of nitrogens with zero attached hydrogens (tertiary/aromatic N) is 2. The van der Waals surface area contributed by atoms with Crippen molar-refractivity contribution in [1.29, 1.82) is 0 Å². The summed E-state index contributed by atoms with van der Waals surface area (Å²) in [6.45, 7) is 4.56. The van der Waals surface area contributed by atoms with E-state index in [1.165, 1.54) is 6.42 Å². The third-order valence-electron chi connectivity index (χ3n) is 4.57. The molecule has 0 spiro atoms. The molecule has 2 atom stereocenters. The minimum absolute atomic E-state index is 0.0964. The molecule has 0 aliphatic heterocycles. The van der Waals surface area contributed by atoms with Crippen molar-refractivity contribution in [2.75, 3.05) is 0 Å². The van der Waals surface area contributed by atoms with Gasteiger partial charge in [0.25, 0.3) is 5.91 Å². The van der Waals surface area contributed by atoms with E-state index in [9.17, 15) is 4.79 Å². The highest BCUT2D eigenvalue weighted by molar-refractivity contribution is 5.91. The summed E-state index contributed by atoms with van der Waals surface area (Å²) >= 11 is 0. The Morgan fingerprint density at radius 2 is 2.18 bits per heavy atom. The zero-order chi connectivity index (χ0) is 15.3. The van der Waals surface area contributed by atoms with Crippen molar-refractivity contribution in [3.05, 3.63) is 41.2 Å². The molecule has 5 heteroatoms. The summed E-state index contributed by atoms with van der Waals surface area (Å²) in [4.78, 5) is 14.4. The van der Waals surface area contributed by atoms with Gasteiger partial charge in [0.1, 0.15) is 11.5 Å². The van der Waals surface area contributed by atoms with Crippen LogP contribution >= 0.6 is 0 Å². The van der Waals surface area contributed by atoms with Gasteiger partial charge in [0.2, 0.25) is 5.76 Å². The molecule has 2 saturated carbocycles. The lowest BCUT2D eigenvalue weighted by Gasteiger charge is -2.19. The van der Waals surface area contributed by atoms with Crippen molar-refractivity contribution in [3.63, 3.8) is 0 Å². The largest absolute Gasteiger partial charge is 0.464 e. The lowest BCUT2D eigenvalue weighted by Crippen LogP contribution is -2.32. The molecule has 22 heavy (non-hydrogen) atoms. The van der Waals surface area contributed by atoms with Gasteiger partial charge in [-0.2, -0.15) is 0 Å². The summed E-state index contributed by atoms with van der Waals surface area (Å²) < 4.78 is 11.1. The number of carbonyl (C=O) groups excluding carboxylic acids is 1. The first-order valence-electron chi connectivity index (χ1n) is 7.94. The van der Waals surface area contributed by atoms with Crippen molar-refractivity contribution in [3.8, 4) is 0 Å². The number of hydrogen-bond acceptors (Lipinski definition) is 4. The molecule has 2 aromatic rings. The molecule has 2 aromatic heterocycles. The maximum Gasteiger partial charge on any atom is 0.293 e. The minimum Gasteiger partial charge on any atom is -0.464 e. The lowest BCUT2D eigenvalue weighted by atomic mass is 10.2. The summed E-state index contributed by atoms with van der Waals surface area (Å²) in [6, 6.07) is 6.04. The number of aromatic nitrogens is 1. The Bertz CT molecular complexity index is 698. The summed E-state index contributed by atoms with van der Waals surface area (Å²) in [5.74, 6) is 3.41. The van der Waals surface area contributed by atoms with E-state index in [1.807, 2.05) is 17.9 Å². The van der Waals surface area contributed by atoms with Gasteiger partial charge in [0.15, 0.2) is 0 Å². The molecule has 2 aliphatic carbocycles. The van der Waals surface area contributed by atoms with Crippen LogP contribution in [0.25, 0.3) is 0 Å². The van der Waals surface area contributed by atoms with E-state index in [2.05, 4.69) is 18.1 Å². The van der Waals surface area contributed by atoms with Crippen LogP contribution in [0.1, 0.15) is 59.9 Å². The van der Waals surface area contributed by atoms with Crippen molar-refractivity contribution in [2.45, 2.75) is 51.6 Å². The molecule has 4 rings (SSSR count). The van der Waals surface area contributed by atoms with Crippen molar-refractivity contribution < 1.29 is 13.7 Å². The van der Waals surface area contributed by atoms with E-state index in [4.69, 9.17) is 8.94 Å². The first-order valence-corrected chi connectivity index (χ1v) is 7.94. The number of rotatable bonds is 5. The highest BCUT2D eigenvalue weighted by Crippen LogP contribution is 2.47. The predicted molar refractivity (Wildman–Crippen MR) is 79.4 cm³/mol. The smallest absolute Gasteiger partial charge is 0.293 e. The van der Waals surface area contributed by atoms with E-state index in [1.54, 1.807) is 6.07 Å². The third-order valence-corrected chi connectivity index (χ3v) is 4.57. The van der Waals surface area contributed by atoms with Gasteiger partial charge in [0.05, 0.1) is 12.2 Å². The van der Waals surface area contributed by atoms with Gasteiger partial charge < -0.3 is 13.8 Å². The molecule has 0 aromatic carbocycles. The summed E-state index contributed by atoms with van der Waals surface area (Å²) in [5.41, 5.74) is 0.724. The van der Waals surface area contributed by atoms with E-state index in [-0.39, 0.29) is 5.91 Å². The normalized spacial score (nSPS) is 23.5. The van der Waals surface area contributed by atoms with Gasteiger partial charge in [-0.3, -0.25) is 4.79 Å². The van der Waals surface area contributed by atoms with Gasteiger partial charge in [-0.15, -0.1) is 0 Å². The molecular formula is C17H20N2O3. The van der Waals surface area contributed by atoms with E-state index >= 15 is 0 Å². The second kappa shape index (κ2) is 5.00. The number of furan rings is 1. The molecule has 2 heterocycles. The van der Waals surface area contributed by atoms with E-state index in [0.29, 0.717) is 24.3 Å². The van der Waals surface area contributed by atoms with Crippen LogP contribution in [0.4, 0.5) is 0 Å². The molecule has 116 valence electrons. The van der Waals surface area contributed by atoms with Crippen LogP contribution in [-0.4, -0.2) is 22.0 Å². The maximum absolute atomic E-state index is 12.6. The zero-order valence-corrected chi connectivity index (χ0v) is 12.9. The highest BCUT2D eigenvalue weighted by atomic mass is 16.5. The third kappa shape index (κ3) is 2.56. The molecule has 0 N–H and O–H groups in total. The molecule has 2 fully saturated rings. The average Bonchev–Trinajstić information content (AvgIpc) is 3.37. The fourth-order valence-electron chi connectivity index (χ4n) is 2.92. The van der Waals surface area contributed by atoms with Crippen LogP contribution < -0.4 is 0 Å². The molecule has 2 aliphatic rings. The Balaban J connectivity index is 1.50. The SMILES string of the molecule is Cc1cc(C(=O)N(Cc2ccc([C@H]3C[C@H]3C)o2)C2CC2)on1. The number of amides is 1. The Kier molecular flexibility index (Phi) is 3.10. The number of hydrogen-bond donors (Lipinski definition) is 0. The standard InChI is InChI=1S/C17H20N2O3/c1-10-7-14(10)15-6-5-13(21-15)9-19(12-3-4-12)17(20)16-8-11(2)18-22-16/h5-6,8,10,12,14H,3-4,7,9H2,1-2H3/t10-,14+/m1/s1. The van der Waals surface area contributed by atoms with Crippen LogP contribution in [0, 0.1) is 12.8 Å². The second-order valence-corrected chi connectivity index (χ2v) is 6.62. The summed E-state index contributed by atoms with van der Waals surface area (Å²) in [7, 11) is 0. The van der Waals surface area contributed by atoms with Gasteiger partial charge in [-0.05, 0) is 44.2 Å². The molecule has 1 amide bonds. The van der Waals surface area contributed by atoms with Crippen molar-refractivity contribution >= 4 is 5.91 Å². The molecule has 0 unspecified atom stereocenters. The van der Waals surface area contributed by atoms with Crippen molar-refractivity contribution in [1.82, 2.24) is 10.1 Å². The monoisotopic (exact) mass is 300 g/mol. The average molecular weight is 300 g/mol. The second-order valence-electron chi connectivity index (χ2n) is 6.62. The predicted octanol–water partition coefficient (Wildman–Crippen LogP) is 3.50. The quantitative estimate of drug-likeness (QED) is 0.848. The van der Waals surface area contributed by atoms with Crippen LogP contribution in [0.5, 0.6) is 0 Å². The van der Waals surface area contributed by atoms with Crippen LogP contribution in [0.3, 0.4) is 0 Å². The zero-order valence-electron chi connectivity index (χ0n) is 12.9. The summed E-state index contributed by atoms with van der Waals surface area (Å²) in [6.07, 6.45) is 3.30. The van der Waals surface area contributed by atoms with Crippen molar-refractivity contribution in [2.24, 2.45) is 5.92 Å². The molecule has 5 nitrogen and oxygen atoms in total. The van der Waals surface area contributed by atoms with Gasteiger partial charge in [-0.25, -0.2) is 0 Å². The van der Waals surface area contributed by atoms with Gasteiger partial charge in [0, 0.05) is 18.0 Å². The first kappa shape index (κ1) is 13.6. The van der Waals surface area contributed by atoms with Crippen LogP contribution in [-0.2, 0) is 6.54 Å².